The Labute approximate surface area is 234 Å². The van der Waals surface area contributed by atoms with Gasteiger partial charge >= 0.3 is 6.09 Å². The second-order valence-corrected chi connectivity index (χ2v) is 11.0. The van der Waals surface area contributed by atoms with Crippen LogP contribution in [0.15, 0.2) is 30.5 Å². The van der Waals surface area contributed by atoms with E-state index in [0.29, 0.717) is 37.0 Å². The summed E-state index contributed by atoms with van der Waals surface area (Å²) in [4.78, 5) is 34.5. The predicted molar refractivity (Wildman–Crippen MR) is 158 cm³/mol. The van der Waals surface area contributed by atoms with E-state index in [1.54, 1.807) is 30.2 Å². The molecule has 4 rings (SSSR count). The monoisotopic (exact) mass is 553 g/mol. The van der Waals surface area contributed by atoms with Crippen molar-refractivity contribution in [2.24, 2.45) is 0 Å². The number of nitrogens with one attached hydrogen (secondary N) is 1. The summed E-state index contributed by atoms with van der Waals surface area (Å²) < 4.78 is 11.3. The van der Waals surface area contributed by atoms with Crippen LogP contribution in [0, 0.1) is 6.92 Å². The number of halogens is 1. The highest BCUT2D eigenvalue weighted by molar-refractivity contribution is 6.35. The fourth-order valence-corrected chi connectivity index (χ4v) is 5.20. The number of rotatable bonds is 6. The van der Waals surface area contributed by atoms with E-state index in [4.69, 9.17) is 26.1 Å². The van der Waals surface area contributed by atoms with Gasteiger partial charge in [-0.1, -0.05) is 17.7 Å². The Bertz CT molecular complexity index is 1400. The molecule has 0 saturated carbocycles. The summed E-state index contributed by atoms with van der Waals surface area (Å²) in [5.41, 5.74) is 5.24. The van der Waals surface area contributed by atoms with Crippen LogP contribution in [0.2, 0.25) is 5.02 Å². The molecule has 0 bridgehead atoms. The van der Waals surface area contributed by atoms with E-state index < -0.39 is 5.60 Å². The summed E-state index contributed by atoms with van der Waals surface area (Å²) in [5, 5.41) is 4.56. The van der Waals surface area contributed by atoms with Crippen molar-refractivity contribution in [1.29, 1.82) is 0 Å². The third-order valence-electron chi connectivity index (χ3n) is 6.80. The first-order valence-corrected chi connectivity index (χ1v) is 13.3. The molecule has 0 aliphatic carbocycles. The topological polar surface area (TPSA) is 87.2 Å². The minimum absolute atomic E-state index is 0.309. The van der Waals surface area contributed by atoms with Gasteiger partial charge in [0.15, 0.2) is 5.75 Å². The zero-order valence-corrected chi connectivity index (χ0v) is 24.3. The molecule has 0 radical (unpaired) electrons. The molecule has 3 aromatic rings. The van der Waals surface area contributed by atoms with Crippen molar-refractivity contribution in [3.8, 4) is 16.9 Å². The summed E-state index contributed by atoms with van der Waals surface area (Å²) in [6, 6.07) is 7.82. The molecule has 1 N–H and O–H groups in total. The summed E-state index contributed by atoms with van der Waals surface area (Å²) in [5.74, 6) is 0.631. The summed E-state index contributed by atoms with van der Waals surface area (Å²) in [6.07, 6.45) is 2.19. The van der Waals surface area contributed by atoms with Crippen molar-refractivity contribution < 1.29 is 19.1 Å². The number of carbonyl (C=O) groups is 2. The summed E-state index contributed by atoms with van der Waals surface area (Å²) in [7, 11) is 5.16. The number of hydrogen-bond donors (Lipinski definition) is 1. The van der Waals surface area contributed by atoms with E-state index >= 15 is 0 Å². The van der Waals surface area contributed by atoms with Crippen LogP contribution in [0.5, 0.6) is 5.75 Å². The number of fused-ring (bicyclic) bond motifs is 1. The van der Waals surface area contributed by atoms with Gasteiger partial charge in [0.05, 0.1) is 35.9 Å². The molecule has 208 valence electrons. The lowest BCUT2D eigenvalue weighted by molar-refractivity contribution is -0.107. The number of pyridine rings is 1. The fourth-order valence-electron chi connectivity index (χ4n) is 4.94. The average Bonchev–Trinajstić information content (AvgIpc) is 2.90. The average molecular weight is 554 g/mol. The van der Waals surface area contributed by atoms with Gasteiger partial charge in [-0.25, -0.2) is 4.79 Å². The standard InChI is InChI=1S/C29H36ClN5O4/c1-18-8-9-22(31-5)27(33(6)17-36)25(18)19-15-23-20(14-21(19)30)26(24(38-7)16-32-23)34-10-12-35(13-11-34)28(37)39-29(2,3)4/h8-9,14-17,31H,10-13H2,1-7H3. The van der Waals surface area contributed by atoms with Crippen LogP contribution in [0.4, 0.5) is 21.9 Å². The molecule has 10 heteroatoms. The van der Waals surface area contributed by atoms with Gasteiger partial charge in [0.2, 0.25) is 6.41 Å². The number of nitrogens with zero attached hydrogens (tertiary/aromatic N) is 4. The summed E-state index contributed by atoms with van der Waals surface area (Å²) >= 11 is 6.97. The molecule has 2 heterocycles. The number of anilines is 3. The second kappa shape index (κ2) is 11.2. The lowest BCUT2D eigenvalue weighted by Gasteiger charge is -2.37. The van der Waals surface area contributed by atoms with Crippen molar-refractivity contribution in [3.63, 3.8) is 0 Å². The van der Waals surface area contributed by atoms with Crippen molar-refractivity contribution in [2.75, 3.05) is 62.5 Å². The first-order chi connectivity index (χ1) is 18.5. The van der Waals surface area contributed by atoms with Crippen LogP contribution in [0.1, 0.15) is 26.3 Å². The Balaban J connectivity index is 1.77. The normalized spacial score (nSPS) is 13.8. The van der Waals surface area contributed by atoms with Gasteiger partial charge < -0.3 is 29.5 Å². The molecule has 0 spiro atoms. The van der Waals surface area contributed by atoms with Crippen LogP contribution in [-0.2, 0) is 9.53 Å². The Hall–Kier alpha value is -3.72. The molecule has 1 fully saturated rings. The maximum Gasteiger partial charge on any atom is 0.410 e. The molecule has 2 amide bonds. The Kier molecular flexibility index (Phi) is 8.11. The maximum atomic E-state index is 12.6. The van der Waals surface area contributed by atoms with Crippen molar-refractivity contribution in [3.05, 3.63) is 41.0 Å². The van der Waals surface area contributed by atoms with Gasteiger partial charge in [-0.2, -0.15) is 0 Å². The summed E-state index contributed by atoms with van der Waals surface area (Å²) in [6.45, 7) is 9.83. The van der Waals surface area contributed by atoms with E-state index in [0.717, 1.165) is 51.1 Å². The number of aromatic nitrogens is 1. The van der Waals surface area contributed by atoms with Crippen LogP contribution in [-0.4, -0.2) is 75.4 Å². The number of carbonyl (C=O) groups excluding carboxylic acids is 2. The van der Waals surface area contributed by atoms with Crippen LogP contribution in [0.25, 0.3) is 22.0 Å². The smallest absolute Gasteiger partial charge is 0.410 e. The molecule has 39 heavy (non-hydrogen) atoms. The first kappa shape index (κ1) is 28.3. The number of aryl methyl sites for hydroxylation is 1. The number of methoxy groups -OCH3 is 1. The number of benzene rings is 2. The second-order valence-electron chi connectivity index (χ2n) is 10.6. The van der Waals surface area contributed by atoms with Crippen molar-refractivity contribution in [1.82, 2.24) is 9.88 Å². The van der Waals surface area contributed by atoms with E-state index in [9.17, 15) is 9.59 Å². The molecule has 2 aromatic carbocycles. The van der Waals surface area contributed by atoms with Crippen molar-refractivity contribution in [2.45, 2.75) is 33.3 Å². The van der Waals surface area contributed by atoms with Crippen LogP contribution in [0.3, 0.4) is 0 Å². The van der Waals surface area contributed by atoms with Crippen LogP contribution >= 0.6 is 11.6 Å². The third-order valence-corrected chi connectivity index (χ3v) is 7.11. The molecule has 1 aliphatic heterocycles. The van der Waals surface area contributed by atoms with Gasteiger partial charge in [0, 0.05) is 61.8 Å². The molecule has 1 aromatic heterocycles. The lowest BCUT2D eigenvalue weighted by Crippen LogP contribution is -2.50. The lowest BCUT2D eigenvalue weighted by atomic mass is 9.95. The van der Waals surface area contributed by atoms with Gasteiger partial charge in [0.1, 0.15) is 5.60 Å². The Morgan fingerprint density at radius 3 is 2.46 bits per heavy atom. The van der Waals surface area contributed by atoms with Gasteiger partial charge in [-0.15, -0.1) is 0 Å². The van der Waals surface area contributed by atoms with Gasteiger partial charge in [0.25, 0.3) is 0 Å². The number of hydrogen-bond acceptors (Lipinski definition) is 7. The minimum Gasteiger partial charge on any atom is -0.493 e. The van der Waals surface area contributed by atoms with E-state index in [2.05, 4.69) is 10.2 Å². The highest BCUT2D eigenvalue weighted by Gasteiger charge is 2.28. The van der Waals surface area contributed by atoms with E-state index in [-0.39, 0.29) is 6.09 Å². The third kappa shape index (κ3) is 5.68. The predicted octanol–water partition coefficient (Wildman–Crippen LogP) is 5.56. The van der Waals surface area contributed by atoms with E-state index in [1.807, 2.05) is 59.0 Å². The zero-order valence-electron chi connectivity index (χ0n) is 23.6. The largest absolute Gasteiger partial charge is 0.493 e. The minimum atomic E-state index is -0.543. The molecule has 0 unspecified atom stereocenters. The Morgan fingerprint density at radius 1 is 1.18 bits per heavy atom. The highest BCUT2D eigenvalue weighted by Crippen LogP contribution is 2.45. The first-order valence-electron chi connectivity index (χ1n) is 12.9. The van der Waals surface area contributed by atoms with Crippen molar-refractivity contribution >= 4 is 52.1 Å². The fraction of sp³-hybridized carbons (Fsp3) is 0.414. The van der Waals surface area contributed by atoms with Gasteiger partial charge in [-0.3, -0.25) is 9.78 Å². The number of amides is 2. The number of ether oxygens (including phenoxy) is 2. The quantitative estimate of drug-likeness (QED) is 0.400. The highest BCUT2D eigenvalue weighted by atomic mass is 35.5. The van der Waals surface area contributed by atoms with E-state index in [1.165, 1.54) is 0 Å². The molecule has 9 nitrogen and oxygen atoms in total. The molecule has 0 atom stereocenters. The Morgan fingerprint density at radius 2 is 1.87 bits per heavy atom. The SMILES string of the molecule is CNc1ccc(C)c(-c2cc3ncc(OC)c(N4CCN(C(=O)OC(C)(C)C)CC4)c3cc2Cl)c1N(C)C=O. The molecular weight excluding hydrogens is 518 g/mol. The van der Waals surface area contributed by atoms with Crippen LogP contribution < -0.4 is 19.9 Å². The maximum absolute atomic E-state index is 12.6. The van der Waals surface area contributed by atoms with Gasteiger partial charge in [-0.05, 0) is 51.5 Å². The molecule has 1 aliphatic rings. The molecular formula is C29H36ClN5O4. The number of piperazine rings is 1. The zero-order chi connectivity index (χ0) is 28.5. The molecule has 1 saturated heterocycles.